The Kier molecular flexibility index (Phi) is 10.2. The number of aromatic nitrogens is 6. The second-order valence-corrected chi connectivity index (χ2v) is 12.4. The molecule has 10 heteroatoms. The predicted molar refractivity (Wildman–Crippen MR) is 195 cm³/mol. The van der Waals surface area contributed by atoms with Gasteiger partial charge in [-0.1, -0.05) is 53.0 Å². The summed E-state index contributed by atoms with van der Waals surface area (Å²) in [6.45, 7) is 0. The average Bonchev–Trinajstić information content (AvgIpc) is 3.89. The molecule has 8 bridgehead atoms. The third-order valence-corrected chi connectivity index (χ3v) is 9.24. The second-order valence-electron chi connectivity index (χ2n) is 10.8. The fourth-order valence-electron chi connectivity index (χ4n) is 5.56. The Balaban J connectivity index is 0.000000140. The second kappa shape index (κ2) is 14.6. The summed E-state index contributed by atoms with van der Waals surface area (Å²) in [5.74, 6) is 0. The number of thiophene rings is 1. The number of H-pyrrole nitrogens is 2. The summed E-state index contributed by atoms with van der Waals surface area (Å²) < 4.78 is 4.95. The third-order valence-electron chi connectivity index (χ3n) is 7.63. The van der Waals surface area contributed by atoms with Crippen LogP contribution in [0.4, 0.5) is 0 Å². The fraction of sp³-hybridized carbons (Fsp3) is 0.0270. The predicted octanol–water partition coefficient (Wildman–Crippen LogP) is 9.28. The van der Waals surface area contributed by atoms with E-state index in [0.717, 1.165) is 56.1 Å². The molecule has 0 fully saturated rings. The topological polar surface area (TPSA) is 83.1 Å². The molecule has 2 aliphatic heterocycles. The van der Waals surface area contributed by atoms with Crippen molar-refractivity contribution in [1.82, 2.24) is 29.5 Å². The molecule has 0 amide bonds. The summed E-state index contributed by atoms with van der Waals surface area (Å²) in [6.07, 6.45) is 9.15. The summed E-state index contributed by atoms with van der Waals surface area (Å²) >= 11 is 3.07. The van der Waals surface area contributed by atoms with Crippen LogP contribution >= 0.6 is 22.9 Å². The van der Waals surface area contributed by atoms with Crippen LogP contribution in [0.1, 0.15) is 33.9 Å². The summed E-state index contributed by atoms with van der Waals surface area (Å²) in [4.78, 5) is 17.1. The van der Waals surface area contributed by atoms with Gasteiger partial charge in [-0.25, -0.2) is 9.97 Å². The summed E-state index contributed by atoms with van der Waals surface area (Å²) in [5, 5.41) is 5.89. The van der Waals surface area contributed by atoms with Gasteiger partial charge in [-0.15, -0.1) is 16.4 Å². The molecule has 2 N–H and O–H groups in total. The van der Waals surface area contributed by atoms with Crippen LogP contribution in [0.25, 0.3) is 67.0 Å². The molecular formula is C37H26CdN6S2Si. The van der Waals surface area contributed by atoms with Gasteiger partial charge >= 0.3 is 0 Å². The van der Waals surface area contributed by atoms with Crippen molar-refractivity contribution in [2.45, 2.75) is 6.42 Å². The van der Waals surface area contributed by atoms with Gasteiger partial charge in [0, 0.05) is 60.3 Å². The van der Waals surface area contributed by atoms with E-state index in [2.05, 4.69) is 108 Å². The first kappa shape index (κ1) is 32.6. The van der Waals surface area contributed by atoms with Gasteiger partial charge in [0.2, 0.25) is 0 Å². The van der Waals surface area contributed by atoms with Crippen molar-refractivity contribution in [3.8, 4) is 11.1 Å². The molecule has 7 heterocycles. The van der Waals surface area contributed by atoms with E-state index in [1.54, 1.807) is 11.3 Å². The Labute approximate surface area is 304 Å². The Morgan fingerprint density at radius 1 is 0.553 bits per heavy atom. The van der Waals surface area contributed by atoms with E-state index in [1.165, 1.54) is 38.5 Å². The Hall–Kier alpha value is -4.30. The van der Waals surface area contributed by atoms with E-state index in [1.807, 2.05) is 53.9 Å². The minimum atomic E-state index is 0. The van der Waals surface area contributed by atoms with Crippen LogP contribution in [0.3, 0.4) is 0 Å². The number of fused-ring (bicyclic) bond motifs is 12. The molecule has 3 aliphatic rings. The summed E-state index contributed by atoms with van der Waals surface area (Å²) in [7, 11) is 0. The number of hydrogen-bond donors (Lipinski definition) is 2. The van der Waals surface area contributed by atoms with Crippen LogP contribution < -0.4 is 0 Å². The van der Waals surface area contributed by atoms with Crippen LogP contribution in [0.5, 0.6) is 0 Å². The van der Waals surface area contributed by atoms with Crippen LogP contribution in [-0.4, -0.2) is 40.5 Å². The maximum absolute atomic E-state index is 4.62. The van der Waals surface area contributed by atoms with Crippen LogP contribution in [0.15, 0.2) is 109 Å². The van der Waals surface area contributed by atoms with Gasteiger partial charge in [0.05, 0.1) is 27.5 Å². The number of aromatic amines is 2. The van der Waals surface area contributed by atoms with Crippen molar-refractivity contribution >= 4 is 89.7 Å². The molecule has 7 aromatic rings. The molecule has 1 aliphatic carbocycles. The molecule has 5 aromatic heterocycles. The van der Waals surface area contributed by atoms with Gasteiger partial charge < -0.3 is 9.97 Å². The average molecular weight is 759 g/mol. The fourth-order valence-corrected chi connectivity index (χ4v) is 7.01. The number of benzene rings is 2. The Bertz CT molecular complexity index is 2220. The van der Waals surface area contributed by atoms with Crippen molar-refractivity contribution < 1.29 is 27.3 Å². The maximum Gasteiger partial charge on any atom is 0.158 e. The number of nitrogens with one attached hydrogen (secondary N) is 2. The standard InChI is InChI=1S/C20H14N4.C13H10.C4H2N2S2.Cd.Si/c1-2-14-10-16-5-6-18(23-16)12-20-8-7-19(24-20)11-17-4-3-15(22-17)9-13(1)21-14;1-3-7-12-10(5-1)9-11-6-2-4-8-13(11)12;1-2-7-4-3(1)8-6-5-4;;/h1-12,21-22H;1-8H,9H2;1-2H;;. The smallest absolute Gasteiger partial charge is 0.158 e. The van der Waals surface area contributed by atoms with E-state index in [9.17, 15) is 0 Å². The first-order valence-corrected chi connectivity index (χ1v) is 16.2. The molecular weight excluding hydrogens is 733 g/mol. The summed E-state index contributed by atoms with van der Waals surface area (Å²) in [6, 6.07) is 35.7. The zero-order chi connectivity index (χ0) is 30.0. The van der Waals surface area contributed by atoms with Crippen molar-refractivity contribution in [2.75, 3.05) is 0 Å². The Morgan fingerprint density at radius 2 is 1.04 bits per heavy atom. The first-order valence-electron chi connectivity index (χ1n) is 14.6. The first-order chi connectivity index (χ1) is 22.2. The number of hydrogen-bond acceptors (Lipinski definition) is 6. The van der Waals surface area contributed by atoms with Crippen molar-refractivity contribution in [2.24, 2.45) is 0 Å². The third kappa shape index (κ3) is 7.49. The van der Waals surface area contributed by atoms with Crippen molar-refractivity contribution in [1.29, 1.82) is 0 Å². The largest absolute Gasteiger partial charge is 0.355 e. The van der Waals surface area contributed by atoms with E-state index >= 15 is 0 Å². The molecule has 2 aromatic carbocycles. The van der Waals surface area contributed by atoms with Crippen LogP contribution in [-0.2, 0) is 33.7 Å². The number of nitrogens with zero attached hydrogens (tertiary/aromatic N) is 4. The minimum absolute atomic E-state index is 0. The van der Waals surface area contributed by atoms with Crippen LogP contribution in [0, 0.1) is 0 Å². The molecule has 47 heavy (non-hydrogen) atoms. The molecule has 0 spiro atoms. The van der Waals surface area contributed by atoms with E-state index in [-0.39, 0.29) is 38.3 Å². The van der Waals surface area contributed by atoms with E-state index in [4.69, 9.17) is 0 Å². The van der Waals surface area contributed by atoms with Gasteiger partial charge in [-0.05, 0) is 124 Å². The van der Waals surface area contributed by atoms with Crippen molar-refractivity contribution in [3.63, 3.8) is 0 Å². The van der Waals surface area contributed by atoms with Gasteiger partial charge in [0.15, 0.2) is 4.83 Å². The minimum Gasteiger partial charge on any atom is -0.355 e. The molecule has 6 nitrogen and oxygen atoms in total. The van der Waals surface area contributed by atoms with Gasteiger partial charge in [-0.2, -0.15) is 0 Å². The Morgan fingerprint density at radius 3 is 1.57 bits per heavy atom. The van der Waals surface area contributed by atoms with Crippen LogP contribution in [0.2, 0.25) is 0 Å². The molecule has 222 valence electrons. The zero-order valence-corrected chi connectivity index (χ0v) is 31.9. The molecule has 10 rings (SSSR count). The van der Waals surface area contributed by atoms with Gasteiger partial charge in [-0.3, -0.25) is 0 Å². The van der Waals surface area contributed by atoms with Gasteiger partial charge in [0.1, 0.15) is 0 Å². The van der Waals surface area contributed by atoms with E-state index < -0.39 is 0 Å². The molecule has 0 saturated carbocycles. The molecule has 0 saturated heterocycles. The molecule has 0 atom stereocenters. The van der Waals surface area contributed by atoms with E-state index in [0.29, 0.717) is 0 Å². The monoisotopic (exact) mass is 760 g/mol. The quantitative estimate of drug-likeness (QED) is 0.151. The normalized spacial score (nSPS) is 11.7. The zero-order valence-electron chi connectivity index (χ0n) is 25.2. The molecule has 0 unspecified atom stereocenters. The SMILES string of the molecule is C1=Cc2cc3ccc(cc4ccc(cc5nc(cc1n2)C=C5)[nH]4)[nH]3.[Cd].[Si].c1cc2snnc2s1.c1ccc2c(c1)Cc1ccccc1-2. The summed E-state index contributed by atoms with van der Waals surface area (Å²) in [5.41, 5.74) is 13.6. The maximum atomic E-state index is 4.62. The molecule has 4 radical (unpaired) electrons. The van der Waals surface area contributed by atoms with Gasteiger partial charge in [0.25, 0.3) is 0 Å². The van der Waals surface area contributed by atoms with Crippen molar-refractivity contribution in [3.05, 3.63) is 142 Å². The number of rotatable bonds is 0.